The summed E-state index contributed by atoms with van der Waals surface area (Å²) in [6, 6.07) is 1.20. The number of amides is 1. The van der Waals surface area contributed by atoms with E-state index in [1.807, 2.05) is 0 Å². The van der Waals surface area contributed by atoms with Gasteiger partial charge in [-0.25, -0.2) is 0 Å². The average molecular weight is 251 g/mol. The summed E-state index contributed by atoms with van der Waals surface area (Å²) >= 11 is 0. The van der Waals surface area contributed by atoms with E-state index in [1.165, 1.54) is 38.5 Å². The van der Waals surface area contributed by atoms with E-state index in [0.717, 1.165) is 32.2 Å². The summed E-state index contributed by atoms with van der Waals surface area (Å²) in [4.78, 5) is 16.6. The molecule has 0 radical (unpaired) electrons. The average Bonchev–Trinajstić information content (AvgIpc) is 2.67. The summed E-state index contributed by atoms with van der Waals surface area (Å²) < 4.78 is 0. The SMILES string of the molecule is O=C1CNCC2CN(C3CCCCCC3)CCN12. The monoisotopic (exact) mass is 251 g/mol. The van der Waals surface area contributed by atoms with Crippen molar-refractivity contribution in [1.82, 2.24) is 15.1 Å². The molecule has 3 aliphatic rings. The number of piperazine rings is 2. The van der Waals surface area contributed by atoms with Gasteiger partial charge in [0.1, 0.15) is 0 Å². The molecule has 3 rings (SSSR count). The van der Waals surface area contributed by atoms with Gasteiger partial charge in [0.15, 0.2) is 0 Å². The Bertz CT molecular complexity index is 299. The lowest BCUT2D eigenvalue weighted by Gasteiger charge is -2.46. The normalized spacial score (nSPS) is 32.1. The third kappa shape index (κ3) is 2.54. The molecule has 4 nitrogen and oxygen atoms in total. The minimum absolute atomic E-state index is 0.298. The highest BCUT2D eigenvalue weighted by atomic mass is 16.2. The molecule has 1 N–H and O–H groups in total. The summed E-state index contributed by atoms with van der Waals surface area (Å²) in [5.41, 5.74) is 0. The van der Waals surface area contributed by atoms with E-state index in [1.54, 1.807) is 0 Å². The van der Waals surface area contributed by atoms with E-state index >= 15 is 0 Å². The summed E-state index contributed by atoms with van der Waals surface area (Å²) in [5, 5.41) is 3.25. The smallest absolute Gasteiger partial charge is 0.236 e. The number of fused-ring (bicyclic) bond motifs is 1. The van der Waals surface area contributed by atoms with Gasteiger partial charge in [0, 0.05) is 32.2 Å². The molecule has 3 fully saturated rings. The first kappa shape index (κ1) is 12.4. The fourth-order valence-corrected chi connectivity index (χ4v) is 3.78. The maximum atomic E-state index is 11.8. The fraction of sp³-hybridized carbons (Fsp3) is 0.929. The molecule has 1 amide bonds. The van der Waals surface area contributed by atoms with Crippen molar-refractivity contribution in [3.63, 3.8) is 0 Å². The molecule has 0 bridgehead atoms. The van der Waals surface area contributed by atoms with E-state index in [2.05, 4.69) is 15.1 Å². The molecular formula is C14H25N3O. The Morgan fingerprint density at radius 1 is 1.00 bits per heavy atom. The van der Waals surface area contributed by atoms with Crippen LogP contribution in [0.5, 0.6) is 0 Å². The largest absolute Gasteiger partial charge is 0.335 e. The zero-order valence-corrected chi connectivity index (χ0v) is 11.2. The molecule has 0 spiro atoms. The Labute approximate surface area is 110 Å². The van der Waals surface area contributed by atoms with E-state index < -0.39 is 0 Å². The standard InChI is InChI=1S/C14H25N3O/c18-14-10-15-9-13-11-16(7-8-17(13)14)12-5-3-1-2-4-6-12/h12-13,15H,1-11H2. The molecule has 1 atom stereocenters. The summed E-state index contributed by atoms with van der Waals surface area (Å²) in [6.07, 6.45) is 8.36. The molecule has 0 aromatic rings. The van der Waals surface area contributed by atoms with Crippen LogP contribution >= 0.6 is 0 Å². The Morgan fingerprint density at radius 3 is 2.56 bits per heavy atom. The lowest BCUT2D eigenvalue weighted by molar-refractivity contribution is -0.138. The van der Waals surface area contributed by atoms with Crippen LogP contribution < -0.4 is 5.32 Å². The van der Waals surface area contributed by atoms with Gasteiger partial charge in [-0.3, -0.25) is 9.69 Å². The molecule has 1 aliphatic carbocycles. The Morgan fingerprint density at radius 2 is 1.78 bits per heavy atom. The molecule has 1 unspecified atom stereocenters. The second-order valence-corrected chi connectivity index (χ2v) is 6.01. The van der Waals surface area contributed by atoms with Crippen LogP contribution in [0.1, 0.15) is 38.5 Å². The molecule has 2 heterocycles. The number of nitrogens with one attached hydrogen (secondary N) is 1. The van der Waals surface area contributed by atoms with Gasteiger partial charge in [0.05, 0.1) is 12.6 Å². The highest BCUT2D eigenvalue weighted by molar-refractivity contribution is 5.79. The molecule has 4 heteroatoms. The van der Waals surface area contributed by atoms with Crippen molar-refractivity contribution in [2.24, 2.45) is 0 Å². The number of hydrogen-bond donors (Lipinski definition) is 1. The highest BCUT2D eigenvalue weighted by Gasteiger charge is 2.35. The molecule has 102 valence electrons. The van der Waals surface area contributed by atoms with Gasteiger partial charge >= 0.3 is 0 Å². The van der Waals surface area contributed by atoms with Crippen molar-refractivity contribution in [3.05, 3.63) is 0 Å². The van der Waals surface area contributed by atoms with Crippen molar-refractivity contribution >= 4 is 5.91 Å². The number of nitrogens with zero attached hydrogens (tertiary/aromatic N) is 2. The van der Waals surface area contributed by atoms with E-state index in [0.29, 0.717) is 18.5 Å². The second kappa shape index (κ2) is 5.57. The van der Waals surface area contributed by atoms with Gasteiger partial charge in [0.25, 0.3) is 0 Å². The Kier molecular flexibility index (Phi) is 3.85. The van der Waals surface area contributed by atoms with Crippen molar-refractivity contribution < 1.29 is 4.79 Å². The van der Waals surface area contributed by atoms with E-state index in [9.17, 15) is 4.79 Å². The van der Waals surface area contributed by atoms with Crippen LogP contribution in [0.4, 0.5) is 0 Å². The third-order valence-corrected chi connectivity index (χ3v) is 4.83. The van der Waals surface area contributed by atoms with Gasteiger partial charge in [-0.05, 0) is 12.8 Å². The Balaban J connectivity index is 1.60. The molecule has 2 saturated heterocycles. The van der Waals surface area contributed by atoms with E-state index in [4.69, 9.17) is 0 Å². The summed E-state index contributed by atoms with van der Waals surface area (Å²) in [6.45, 7) is 4.65. The second-order valence-electron chi connectivity index (χ2n) is 6.01. The minimum atomic E-state index is 0.298. The first-order valence-electron chi connectivity index (χ1n) is 7.59. The van der Waals surface area contributed by atoms with Crippen LogP contribution in [-0.2, 0) is 4.79 Å². The first-order valence-corrected chi connectivity index (χ1v) is 7.59. The minimum Gasteiger partial charge on any atom is -0.335 e. The zero-order chi connectivity index (χ0) is 12.4. The van der Waals surface area contributed by atoms with Crippen molar-refractivity contribution in [2.45, 2.75) is 50.6 Å². The molecule has 1 saturated carbocycles. The van der Waals surface area contributed by atoms with Gasteiger partial charge in [-0.15, -0.1) is 0 Å². The number of hydrogen-bond acceptors (Lipinski definition) is 3. The lowest BCUT2D eigenvalue weighted by atomic mass is 10.0. The third-order valence-electron chi connectivity index (χ3n) is 4.83. The van der Waals surface area contributed by atoms with Gasteiger partial charge in [0.2, 0.25) is 5.91 Å². The van der Waals surface area contributed by atoms with Crippen molar-refractivity contribution in [1.29, 1.82) is 0 Å². The van der Waals surface area contributed by atoms with Gasteiger partial charge in [-0.2, -0.15) is 0 Å². The number of carbonyl (C=O) groups excluding carboxylic acids is 1. The van der Waals surface area contributed by atoms with Crippen LogP contribution in [-0.4, -0.2) is 60.5 Å². The van der Waals surface area contributed by atoms with Crippen LogP contribution in [0.3, 0.4) is 0 Å². The number of carbonyl (C=O) groups is 1. The van der Waals surface area contributed by atoms with Gasteiger partial charge < -0.3 is 10.2 Å². The molecule has 0 aromatic heterocycles. The topological polar surface area (TPSA) is 35.6 Å². The van der Waals surface area contributed by atoms with Crippen molar-refractivity contribution in [3.8, 4) is 0 Å². The molecular weight excluding hydrogens is 226 g/mol. The quantitative estimate of drug-likeness (QED) is 0.701. The predicted octanol–water partition coefficient (Wildman–Crippen LogP) is 0.825. The zero-order valence-electron chi connectivity index (χ0n) is 11.2. The summed E-state index contributed by atoms with van der Waals surface area (Å²) in [7, 11) is 0. The fourth-order valence-electron chi connectivity index (χ4n) is 3.78. The maximum Gasteiger partial charge on any atom is 0.236 e. The molecule has 18 heavy (non-hydrogen) atoms. The maximum absolute atomic E-state index is 11.8. The van der Waals surface area contributed by atoms with Crippen molar-refractivity contribution in [2.75, 3.05) is 32.7 Å². The van der Waals surface area contributed by atoms with E-state index in [-0.39, 0.29) is 0 Å². The summed E-state index contributed by atoms with van der Waals surface area (Å²) in [5.74, 6) is 0.298. The van der Waals surface area contributed by atoms with Crippen LogP contribution in [0, 0.1) is 0 Å². The number of rotatable bonds is 1. The lowest BCUT2D eigenvalue weighted by Crippen LogP contribution is -2.64. The van der Waals surface area contributed by atoms with Crippen LogP contribution in [0.25, 0.3) is 0 Å². The van der Waals surface area contributed by atoms with Gasteiger partial charge in [-0.1, -0.05) is 25.7 Å². The molecule has 2 aliphatic heterocycles. The highest BCUT2D eigenvalue weighted by Crippen LogP contribution is 2.24. The Hall–Kier alpha value is -0.610. The first-order chi connectivity index (χ1) is 8.84. The molecule has 0 aromatic carbocycles. The van der Waals surface area contributed by atoms with Crippen LogP contribution in [0.2, 0.25) is 0 Å². The predicted molar refractivity (Wildman–Crippen MR) is 71.4 cm³/mol. The van der Waals surface area contributed by atoms with Crippen LogP contribution in [0.15, 0.2) is 0 Å².